The topological polar surface area (TPSA) is 72.5 Å². The van der Waals surface area contributed by atoms with Crippen molar-refractivity contribution < 1.29 is 19.1 Å². The minimum atomic E-state index is -0.969. The molecule has 0 aliphatic rings. The molecule has 0 aliphatic carbocycles. The Hall–Kier alpha value is -3.38. The van der Waals surface area contributed by atoms with Gasteiger partial charge >= 0.3 is 11.9 Å². The summed E-state index contributed by atoms with van der Waals surface area (Å²) in [6.07, 6.45) is -0.367. The Morgan fingerprint density at radius 1 is 0.735 bits per heavy atom. The van der Waals surface area contributed by atoms with Crippen molar-refractivity contribution in [3.8, 4) is 0 Å². The fourth-order valence-corrected chi connectivity index (χ4v) is 4.13. The van der Waals surface area contributed by atoms with Gasteiger partial charge in [0.25, 0.3) is 5.91 Å². The van der Waals surface area contributed by atoms with Crippen LogP contribution in [0.25, 0.3) is 10.8 Å². The Morgan fingerprint density at radius 3 is 2.18 bits per heavy atom. The Kier molecular flexibility index (Phi) is 7.17. The van der Waals surface area contributed by atoms with Crippen molar-refractivity contribution in [1.29, 1.82) is 0 Å². The van der Waals surface area contributed by atoms with Gasteiger partial charge in [-0.1, -0.05) is 83.3 Å². The van der Waals surface area contributed by atoms with Crippen molar-refractivity contribution in [1.82, 2.24) is 0 Å². The van der Waals surface area contributed by atoms with E-state index in [0.29, 0.717) is 5.69 Å². The summed E-state index contributed by atoms with van der Waals surface area (Å²) in [5.41, 5.74) is 0.840. The maximum atomic E-state index is 13.0. The first-order valence-corrected chi connectivity index (χ1v) is 11.2. The lowest BCUT2D eigenvalue weighted by molar-refractivity contribution is -0.137. The highest BCUT2D eigenvalue weighted by Crippen LogP contribution is 2.32. The van der Waals surface area contributed by atoms with E-state index < -0.39 is 17.8 Å². The van der Waals surface area contributed by atoms with E-state index in [9.17, 15) is 14.4 Å². The van der Waals surface area contributed by atoms with Crippen LogP contribution in [-0.2, 0) is 16.0 Å². The van der Waals surface area contributed by atoms with Gasteiger partial charge in [-0.15, -0.1) is 0 Å². The maximum Gasteiger partial charge on any atom is 0.346 e. The van der Waals surface area contributed by atoms with Crippen LogP contribution in [0.2, 0.25) is 15.1 Å². The Balaban J connectivity index is 1.54. The van der Waals surface area contributed by atoms with Gasteiger partial charge in [-0.05, 0) is 35.7 Å². The minimum Gasteiger partial charge on any atom is -0.389 e. The van der Waals surface area contributed by atoms with E-state index in [1.807, 2.05) is 36.4 Å². The van der Waals surface area contributed by atoms with Crippen molar-refractivity contribution in [3.63, 3.8) is 0 Å². The number of benzene rings is 4. The molecule has 0 aliphatic heterocycles. The van der Waals surface area contributed by atoms with E-state index in [-0.39, 0.29) is 38.2 Å². The molecule has 0 saturated heterocycles. The molecule has 5 nitrogen and oxygen atoms in total. The molecule has 4 rings (SSSR count). The monoisotopic (exact) mass is 511 g/mol. The van der Waals surface area contributed by atoms with Gasteiger partial charge < -0.3 is 10.1 Å². The highest BCUT2D eigenvalue weighted by Gasteiger charge is 2.22. The Labute approximate surface area is 210 Å². The normalized spacial score (nSPS) is 10.7. The molecule has 0 saturated carbocycles. The molecule has 0 unspecified atom stereocenters. The highest BCUT2D eigenvalue weighted by molar-refractivity contribution is 6.44. The molecule has 34 heavy (non-hydrogen) atoms. The van der Waals surface area contributed by atoms with Crippen molar-refractivity contribution in [3.05, 3.63) is 111 Å². The zero-order valence-electron chi connectivity index (χ0n) is 17.5. The SMILES string of the molecule is O=C(Cc1c(Cl)ccc(Cl)c1Cl)OC(=O)c1ccccc1C(=O)Nc1cccc2ccccc12. The fraction of sp³-hybridized carbons (Fsp3) is 0.0385. The van der Waals surface area contributed by atoms with Gasteiger partial charge in [0, 0.05) is 21.7 Å². The summed E-state index contributed by atoms with van der Waals surface area (Å²) in [5, 5.41) is 5.18. The summed E-state index contributed by atoms with van der Waals surface area (Å²) < 4.78 is 4.98. The number of rotatable bonds is 5. The summed E-state index contributed by atoms with van der Waals surface area (Å²) >= 11 is 18.2. The predicted octanol–water partition coefficient (Wildman–Crippen LogP) is 6.98. The zero-order valence-corrected chi connectivity index (χ0v) is 19.7. The molecule has 0 atom stereocenters. The third kappa shape index (κ3) is 5.07. The van der Waals surface area contributed by atoms with Crippen molar-refractivity contribution in [2.75, 3.05) is 5.32 Å². The minimum absolute atomic E-state index is 0.0584. The molecular formula is C26H16Cl3NO4. The molecule has 1 N–H and O–H groups in total. The second-order valence-corrected chi connectivity index (χ2v) is 8.48. The smallest absolute Gasteiger partial charge is 0.346 e. The van der Waals surface area contributed by atoms with Gasteiger partial charge in [-0.2, -0.15) is 0 Å². The van der Waals surface area contributed by atoms with Crippen LogP contribution in [0.15, 0.2) is 78.9 Å². The molecule has 0 bridgehead atoms. The molecule has 8 heteroatoms. The van der Waals surface area contributed by atoms with Crippen LogP contribution >= 0.6 is 34.8 Å². The molecule has 1 amide bonds. The van der Waals surface area contributed by atoms with E-state index in [2.05, 4.69) is 5.32 Å². The average Bonchev–Trinajstić information content (AvgIpc) is 2.84. The Morgan fingerprint density at radius 2 is 1.38 bits per heavy atom. The summed E-state index contributed by atoms with van der Waals surface area (Å²) in [5.74, 6) is -2.37. The second kappa shape index (κ2) is 10.3. The summed E-state index contributed by atoms with van der Waals surface area (Å²) in [6, 6.07) is 22.2. The number of fused-ring (bicyclic) bond motifs is 1. The third-order valence-electron chi connectivity index (χ3n) is 5.10. The number of halogens is 3. The predicted molar refractivity (Wildman–Crippen MR) is 134 cm³/mol. The third-order valence-corrected chi connectivity index (χ3v) is 6.29. The van der Waals surface area contributed by atoms with Crippen LogP contribution < -0.4 is 5.32 Å². The van der Waals surface area contributed by atoms with Crippen molar-refractivity contribution in [2.45, 2.75) is 6.42 Å². The first kappa shape index (κ1) is 23.8. The largest absolute Gasteiger partial charge is 0.389 e. The molecule has 170 valence electrons. The molecule has 4 aromatic carbocycles. The van der Waals surface area contributed by atoms with E-state index in [0.717, 1.165) is 10.8 Å². The van der Waals surface area contributed by atoms with Crippen LogP contribution in [0.1, 0.15) is 26.3 Å². The van der Waals surface area contributed by atoms with Gasteiger partial charge in [0.05, 0.1) is 27.6 Å². The molecule has 0 heterocycles. The molecule has 0 aromatic heterocycles. The van der Waals surface area contributed by atoms with Gasteiger partial charge in [0.1, 0.15) is 0 Å². The number of anilines is 1. The Bertz CT molecular complexity index is 1430. The maximum absolute atomic E-state index is 13.0. The number of carbonyl (C=O) groups is 3. The standard InChI is InChI=1S/C26H16Cl3NO4/c27-20-12-13-21(28)24(29)19(20)14-23(31)34-26(33)18-10-4-3-9-17(18)25(32)30-22-11-5-7-15-6-1-2-8-16(15)22/h1-13H,14H2,(H,30,32). The van der Waals surface area contributed by atoms with Crippen LogP contribution in [0, 0.1) is 0 Å². The lowest BCUT2D eigenvalue weighted by atomic mass is 10.1. The number of hydrogen-bond donors (Lipinski definition) is 1. The summed E-state index contributed by atoms with van der Waals surface area (Å²) in [7, 11) is 0. The van der Waals surface area contributed by atoms with Crippen LogP contribution in [0.4, 0.5) is 5.69 Å². The molecule has 0 spiro atoms. The fourth-order valence-electron chi connectivity index (χ4n) is 3.45. The van der Waals surface area contributed by atoms with Crippen LogP contribution in [-0.4, -0.2) is 17.8 Å². The zero-order chi connectivity index (χ0) is 24.2. The quantitative estimate of drug-likeness (QED) is 0.178. The lowest BCUT2D eigenvalue weighted by Gasteiger charge is -2.12. The van der Waals surface area contributed by atoms with E-state index >= 15 is 0 Å². The van der Waals surface area contributed by atoms with E-state index in [1.165, 1.54) is 24.3 Å². The highest BCUT2D eigenvalue weighted by atomic mass is 35.5. The van der Waals surface area contributed by atoms with E-state index in [4.69, 9.17) is 39.5 Å². The second-order valence-electron chi connectivity index (χ2n) is 7.29. The number of ether oxygens (including phenoxy) is 1. The van der Waals surface area contributed by atoms with Crippen LogP contribution in [0.5, 0.6) is 0 Å². The number of carbonyl (C=O) groups excluding carboxylic acids is 3. The lowest BCUT2D eigenvalue weighted by Crippen LogP contribution is -2.20. The van der Waals surface area contributed by atoms with E-state index in [1.54, 1.807) is 18.2 Å². The van der Waals surface area contributed by atoms with Crippen LogP contribution in [0.3, 0.4) is 0 Å². The number of amides is 1. The van der Waals surface area contributed by atoms with Crippen molar-refractivity contribution in [2.24, 2.45) is 0 Å². The summed E-state index contributed by atoms with van der Waals surface area (Å²) in [6.45, 7) is 0. The van der Waals surface area contributed by atoms with Gasteiger partial charge in [0.2, 0.25) is 0 Å². The number of nitrogens with one attached hydrogen (secondary N) is 1. The molecule has 0 fully saturated rings. The van der Waals surface area contributed by atoms with Gasteiger partial charge in [-0.3, -0.25) is 9.59 Å². The first-order valence-electron chi connectivity index (χ1n) is 10.1. The average molecular weight is 513 g/mol. The first-order chi connectivity index (χ1) is 16.3. The van der Waals surface area contributed by atoms with Gasteiger partial charge in [0.15, 0.2) is 0 Å². The van der Waals surface area contributed by atoms with Crippen molar-refractivity contribution >= 4 is 69.1 Å². The molecular weight excluding hydrogens is 497 g/mol. The number of esters is 2. The van der Waals surface area contributed by atoms with Gasteiger partial charge in [-0.25, -0.2) is 4.79 Å². The number of hydrogen-bond acceptors (Lipinski definition) is 4. The molecule has 0 radical (unpaired) electrons. The molecule has 4 aromatic rings. The summed E-state index contributed by atoms with van der Waals surface area (Å²) in [4.78, 5) is 38.2.